The first-order valence-electron chi connectivity index (χ1n) is 11.0. The third-order valence-electron chi connectivity index (χ3n) is 6.24. The number of rotatable bonds is 9. The average molecular weight is 468 g/mol. The lowest BCUT2D eigenvalue weighted by Gasteiger charge is -2.26. The summed E-state index contributed by atoms with van der Waals surface area (Å²) in [5.41, 5.74) is 1.56. The van der Waals surface area contributed by atoms with Gasteiger partial charge >= 0.3 is 0 Å². The van der Waals surface area contributed by atoms with E-state index in [1.54, 1.807) is 26.4 Å². The first-order chi connectivity index (χ1) is 15.7. The third kappa shape index (κ3) is 5.95. The van der Waals surface area contributed by atoms with Crippen molar-refractivity contribution in [2.75, 3.05) is 14.2 Å². The van der Waals surface area contributed by atoms with Crippen LogP contribution < -0.4 is 9.47 Å². The van der Waals surface area contributed by atoms with Crippen LogP contribution in [-0.2, 0) is 23.1 Å². The summed E-state index contributed by atoms with van der Waals surface area (Å²) in [5, 5.41) is 0. The van der Waals surface area contributed by atoms with E-state index in [1.165, 1.54) is 4.31 Å². The van der Waals surface area contributed by atoms with Gasteiger partial charge in [0.1, 0.15) is 11.5 Å². The van der Waals surface area contributed by atoms with Gasteiger partial charge < -0.3 is 9.47 Å². The molecule has 0 amide bonds. The molecule has 3 rings (SSSR count). The third-order valence-corrected chi connectivity index (χ3v) is 8.05. The lowest BCUT2D eigenvalue weighted by Crippen LogP contribution is -2.31. The predicted octanol–water partition coefficient (Wildman–Crippen LogP) is 5.71. The van der Waals surface area contributed by atoms with E-state index >= 15 is 0 Å². The molecule has 0 saturated carbocycles. The second kappa shape index (κ2) is 10.4. The fraction of sp³-hybridized carbons (Fsp3) is 0.333. The molecule has 0 bridgehead atoms. The Balaban J connectivity index is 1.95. The lowest BCUT2D eigenvalue weighted by molar-refractivity contribution is 0.383. The van der Waals surface area contributed by atoms with Gasteiger partial charge in [0.2, 0.25) is 10.0 Å². The van der Waals surface area contributed by atoms with Crippen molar-refractivity contribution in [1.29, 1.82) is 0 Å². The summed E-state index contributed by atoms with van der Waals surface area (Å²) in [6, 6.07) is 14.9. The minimum atomic E-state index is -3.76. The van der Waals surface area contributed by atoms with Crippen molar-refractivity contribution < 1.29 is 17.9 Å². The van der Waals surface area contributed by atoms with Crippen molar-refractivity contribution >= 4 is 10.0 Å². The van der Waals surface area contributed by atoms with Gasteiger partial charge in [0.25, 0.3) is 0 Å². The van der Waals surface area contributed by atoms with Gasteiger partial charge in [-0.2, -0.15) is 4.31 Å². The molecule has 1 unspecified atom stereocenters. The summed E-state index contributed by atoms with van der Waals surface area (Å²) >= 11 is 0. The fourth-order valence-corrected chi connectivity index (χ4v) is 4.95. The molecule has 0 radical (unpaired) electrons. The summed E-state index contributed by atoms with van der Waals surface area (Å²) < 4.78 is 39.6. The first kappa shape index (κ1) is 24.8. The van der Waals surface area contributed by atoms with Gasteiger partial charge in [-0.1, -0.05) is 63.3 Å². The molecule has 2 aromatic carbocycles. The number of hydrogen-bond donors (Lipinski definition) is 0. The molecule has 0 fully saturated rings. The number of sulfonamides is 1. The van der Waals surface area contributed by atoms with Crippen LogP contribution in [0.3, 0.4) is 0 Å². The van der Waals surface area contributed by atoms with Gasteiger partial charge in [-0.05, 0) is 53.5 Å². The monoisotopic (exact) mass is 467 g/mol. The highest BCUT2D eigenvalue weighted by Gasteiger charge is 2.29. The zero-order valence-electron chi connectivity index (χ0n) is 20.0. The van der Waals surface area contributed by atoms with Gasteiger partial charge in [0.15, 0.2) is 0 Å². The van der Waals surface area contributed by atoms with Crippen LogP contribution in [0.4, 0.5) is 0 Å². The van der Waals surface area contributed by atoms with Gasteiger partial charge in [0, 0.05) is 18.5 Å². The molecule has 1 aliphatic carbocycles. The van der Waals surface area contributed by atoms with Crippen LogP contribution in [0.15, 0.2) is 83.8 Å². The minimum Gasteiger partial charge on any atom is -0.497 e. The Labute approximate surface area is 198 Å². The molecule has 6 heteroatoms. The Bertz CT molecular complexity index is 1080. The van der Waals surface area contributed by atoms with E-state index in [4.69, 9.17) is 9.47 Å². The highest BCUT2D eigenvalue weighted by Crippen LogP contribution is 2.34. The van der Waals surface area contributed by atoms with E-state index in [2.05, 4.69) is 26.8 Å². The lowest BCUT2D eigenvalue weighted by atomic mass is 9.79. The second-order valence-electron chi connectivity index (χ2n) is 8.75. The van der Waals surface area contributed by atoms with Crippen molar-refractivity contribution in [2.24, 2.45) is 11.3 Å². The molecule has 176 valence electrons. The summed E-state index contributed by atoms with van der Waals surface area (Å²) in [6.45, 7) is 6.87. The minimum absolute atomic E-state index is 0.204. The van der Waals surface area contributed by atoms with E-state index in [-0.39, 0.29) is 23.4 Å². The Morgan fingerprint density at radius 1 is 0.848 bits per heavy atom. The Hall–Kier alpha value is -2.83. The molecular weight excluding hydrogens is 434 g/mol. The van der Waals surface area contributed by atoms with Crippen LogP contribution in [0.5, 0.6) is 11.5 Å². The van der Waals surface area contributed by atoms with Crippen LogP contribution in [-0.4, -0.2) is 26.9 Å². The Kier molecular flexibility index (Phi) is 7.82. The van der Waals surface area contributed by atoms with Crippen molar-refractivity contribution in [3.63, 3.8) is 0 Å². The van der Waals surface area contributed by atoms with Crippen LogP contribution >= 0.6 is 0 Å². The quantitative estimate of drug-likeness (QED) is 0.474. The topological polar surface area (TPSA) is 55.8 Å². The van der Waals surface area contributed by atoms with Crippen molar-refractivity contribution in [3.05, 3.63) is 94.9 Å². The van der Waals surface area contributed by atoms with E-state index in [0.717, 1.165) is 22.6 Å². The standard InChI is InChI=1S/C27H33NO4S/c1-21(2)27(3)17-6-7-26(16-18-27)33(29,30)28(19-22-8-12-24(31-4)13-9-22)20-23-10-14-25(32-5)15-11-23/h6-18,21H,19-20H2,1-5H3. The van der Waals surface area contributed by atoms with Crippen LogP contribution in [0, 0.1) is 11.3 Å². The van der Waals surface area contributed by atoms with Crippen LogP contribution in [0.2, 0.25) is 0 Å². The van der Waals surface area contributed by atoms with Gasteiger partial charge in [-0.15, -0.1) is 0 Å². The number of nitrogens with zero attached hydrogens (tertiary/aromatic N) is 1. The molecule has 5 nitrogen and oxygen atoms in total. The van der Waals surface area contributed by atoms with Crippen molar-refractivity contribution in [1.82, 2.24) is 4.31 Å². The van der Waals surface area contributed by atoms with Crippen molar-refractivity contribution in [2.45, 2.75) is 33.9 Å². The van der Waals surface area contributed by atoms with Gasteiger partial charge in [0.05, 0.1) is 19.1 Å². The van der Waals surface area contributed by atoms with E-state index in [1.807, 2.05) is 60.7 Å². The van der Waals surface area contributed by atoms with E-state index < -0.39 is 10.0 Å². The molecule has 0 aromatic heterocycles. The predicted molar refractivity (Wildman–Crippen MR) is 133 cm³/mol. The Morgan fingerprint density at radius 2 is 1.33 bits per heavy atom. The Morgan fingerprint density at radius 3 is 1.76 bits per heavy atom. The molecule has 0 saturated heterocycles. The molecule has 1 atom stereocenters. The van der Waals surface area contributed by atoms with E-state index in [9.17, 15) is 8.42 Å². The normalized spacial score (nSPS) is 18.3. The molecule has 0 N–H and O–H groups in total. The largest absolute Gasteiger partial charge is 0.497 e. The molecule has 33 heavy (non-hydrogen) atoms. The zero-order chi connectivity index (χ0) is 24.1. The maximum absolute atomic E-state index is 13.8. The first-order valence-corrected chi connectivity index (χ1v) is 12.5. The number of allylic oxidation sites excluding steroid dienone is 5. The molecule has 1 aliphatic rings. The molecule has 0 heterocycles. The summed E-state index contributed by atoms with van der Waals surface area (Å²) in [4.78, 5) is 0.283. The van der Waals surface area contributed by atoms with Gasteiger partial charge in [-0.25, -0.2) is 8.42 Å². The maximum Gasteiger partial charge on any atom is 0.243 e. The summed E-state index contributed by atoms with van der Waals surface area (Å²) in [6.07, 6.45) is 9.34. The van der Waals surface area contributed by atoms with E-state index in [0.29, 0.717) is 5.92 Å². The average Bonchev–Trinajstić information content (AvgIpc) is 3.03. The maximum atomic E-state index is 13.8. The van der Waals surface area contributed by atoms with Crippen molar-refractivity contribution in [3.8, 4) is 11.5 Å². The molecule has 0 spiro atoms. The van der Waals surface area contributed by atoms with Crippen LogP contribution in [0.25, 0.3) is 0 Å². The van der Waals surface area contributed by atoms with Crippen LogP contribution in [0.1, 0.15) is 31.9 Å². The number of benzene rings is 2. The highest BCUT2D eigenvalue weighted by molar-refractivity contribution is 7.93. The zero-order valence-corrected chi connectivity index (χ0v) is 20.8. The number of methoxy groups -OCH3 is 2. The molecular formula is C27H33NO4S. The highest BCUT2D eigenvalue weighted by atomic mass is 32.2. The molecule has 0 aliphatic heterocycles. The summed E-state index contributed by atoms with van der Waals surface area (Å²) in [7, 11) is -0.537. The smallest absolute Gasteiger partial charge is 0.243 e. The molecule has 2 aromatic rings. The SMILES string of the molecule is COc1ccc(CN(Cc2ccc(OC)cc2)S(=O)(=O)C2=CC=CC(C)(C(C)C)C=C2)cc1. The number of ether oxygens (including phenoxy) is 2. The summed E-state index contributed by atoms with van der Waals surface area (Å²) in [5.74, 6) is 1.81. The number of hydrogen-bond acceptors (Lipinski definition) is 4. The van der Waals surface area contributed by atoms with Gasteiger partial charge in [-0.3, -0.25) is 0 Å². The second-order valence-corrected chi connectivity index (χ2v) is 10.7. The fourth-order valence-electron chi connectivity index (χ4n) is 3.52.